The van der Waals surface area contributed by atoms with Crippen LogP contribution in [-0.2, 0) is 35.1 Å². The fraction of sp³-hybridized carbons (Fsp3) is 0.641. The minimum Gasteiger partial charge on any atom is -0.469 e. The van der Waals surface area contributed by atoms with Crippen molar-refractivity contribution in [3.8, 4) is 0 Å². The number of carbonyl (C=O) groups is 5. The summed E-state index contributed by atoms with van der Waals surface area (Å²) in [5.41, 5.74) is 0.931. The number of carbonyl (C=O) groups excluding carboxylic acids is 5. The van der Waals surface area contributed by atoms with Gasteiger partial charge in [0.25, 0.3) is 5.91 Å². The number of methoxy groups -OCH3 is 1. The van der Waals surface area contributed by atoms with E-state index in [4.69, 9.17) is 9.47 Å². The number of halogens is 6. The first kappa shape index (κ1) is 48.1. The first-order valence-corrected chi connectivity index (χ1v) is 19.9. The summed E-state index contributed by atoms with van der Waals surface area (Å²) in [6.45, 7) is 6.28. The number of benzene rings is 1. The van der Waals surface area contributed by atoms with Crippen molar-refractivity contribution >= 4 is 41.0 Å². The Morgan fingerprint density at radius 2 is 1.62 bits per heavy atom. The fourth-order valence-electron chi connectivity index (χ4n) is 7.14. The van der Waals surface area contributed by atoms with Crippen LogP contribution in [0.2, 0.25) is 0 Å². The molecule has 0 bridgehead atoms. The lowest BCUT2D eigenvalue weighted by Gasteiger charge is -2.39. The van der Waals surface area contributed by atoms with Gasteiger partial charge in [0.15, 0.2) is 12.0 Å². The van der Waals surface area contributed by atoms with Crippen molar-refractivity contribution in [1.29, 1.82) is 0 Å². The molecule has 58 heavy (non-hydrogen) atoms. The van der Waals surface area contributed by atoms with Gasteiger partial charge < -0.3 is 25.0 Å². The van der Waals surface area contributed by atoms with Crippen LogP contribution in [0.5, 0.6) is 0 Å². The Morgan fingerprint density at radius 3 is 2.17 bits per heavy atom. The number of ether oxygens (including phenoxy) is 2. The van der Waals surface area contributed by atoms with Gasteiger partial charge in [-0.2, -0.15) is 26.3 Å². The Morgan fingerprint density at radius 1 is 0.983 bits per heavy atom. The molecular weight excluding hydrogens is 797 g/mol. The van der Waals surface area contributed by atoms with E-state index in [9.17, 15) is 50.3 Å². The van der Waals surface area contributed by atoms with Gasteiger partial charge in [0.1, 0.15) is 16.7 Å². The van der Waals surface area contributed by atoms with Gasteiger partial charge in [0.2, 0.25) is 11.8 Å². The highest BCUT2D eigenvalue weighted by molar-refractivity contribution is 7.09. The summed E-state index contributed by atoms with van der Waals surface area (Å²) in [7, 11) is 3.81. The second kappa shape index (κ2) is 21.1. The molecular formula is C39H53F6N5O7S. The quantitative estimate of drug-likeness (QED) is 0.131. The molecule has 2 heterocycles. The number of hydrogen-bond donors (Lipinski definition) is 2. The number of thiazole rings is 1. The molecule has 6 atom stereocenters. The Kier molecular flexibility index (Phi) is 17.5. The van der Waals surface area contributed by atoms with Crippen LogP contribution in [0, 0.1) is 17.8 Å². The SMILES string of the molecule is COC(=O)[C@@H](C)C[C@H](CCc1ccccc1)NC(=O)c1csc([C@@H](C[C@H](C(C)C)N(C)C(=O)[C@@H](NC(=O)[C@H]2CCCCN2C)C(C(F)(F)F)C(F)(F)F)OC(C)=O)n1. The second-order valence-corrected chi connectivity index (χ2v) is 15.9. The second-order valence-electron chi connectivity index (χ2n) is 15.1. The Labute approximate surface area is 338 Å². The van der Waals surface area contributed by atoms with Crippen LogP contribution in [0.25, 0.3) is 0 Å². The van der Waals surface area contributed by atoms with Crippen LogP contribution >= 0.6 is 11.3 Å². The van der Waals surface area contributed by atoms with Gasteiger partial charge in [0, 0.05) is 37.9 Å². The van der Waals surface area contributed by atoms with Crippen LogP contribution in [0.3, 0.4) is 0 Å². The molecule has 1 aromatic heterocycles. The Bertz CT molecular complexity index is 1680. The molecule has 324 valence electrons. The molecule has 1 aliphatic heterocycles. The Balaban J connectivity index is 1.91. The normalized spacial score (nSPS) is 17.8. The number of aromatic nitrogens is 1. The van der Waals surface area contributed by atoms with E-state index in [1.807, 2.05) is 35.6 Å². The lowest BCUT2D eigenvalue weighted by molar-refractivity contribution is -0.290. The molecule has 2 N–H and O–H groups in total. The monoisotopic (exact) mass is 849 g/mol. The molecule has 0 unspecified atom stereocenters. The van der Waals surface area contributed by atoms with Crippen LogP contribution < -0.4 is 10.6 Å². The molecule has 1 saturated heterocycles. The van der Waals surface area contributed by atoms with E-state index in [1.165, 1.54) is 24.4 Å². The number of nitrogens with one attached hydrogen (secondary N) is 2. The predicted octanol–water partition coefficient (Wildman–Crippen LogP) is 6.26. The van der Waals surface area contributed by atoms with Gasteiger partial charge >= 0.3 is 24.3 Å². The third-order valence-corrected chi connectivity index (χ3v) is 11.2. The highest BCUT2D eigenvalue weighted by atomic mass is 32.1. The van der Waals surface area contributed by atoms with Crippen molar-refractivity contribution in [2.75, 3.05) is 27.7 Å². The standard InChI is InChI=1S/C39H53F6N5O7S/c1-22(2)29(50(6)36(54)31(32(38(40,41)42)39(43,44)45)48-34(53)28-15-11-12-18-49(28)5)20-30(57-24(4)51)35-47-27(21-58-35)33(52)46-26(19-23(3)37(55)56-7)17-16-25-13-9-8-10-14-25/h8-10,13-14,21-23,26,28-32H,11-12,15-20H2,1-7H3,(H,46,52)(H,48,53)/t23-,26-,28+,29+,30+,31-/m0/s1. The van der Waals surface area contributed by atoms with Crippen LogP contribution in [0.4, 0.5) is 26.3 Å². The topological polar surface area (TPSA) is 147 Å². The molecule has 3 amide bonds. The summed E-state index contributed by atoms with van der Waals surface area (Å²) in [6, 6.07) is 3.73. The Hall–Kier alpha value is -4.26. The lowest BCUT2D eigenvalue weighted by atomic mass is 9.92. The van der Waals surface area contributed by atoms with Gasteiger partial charge in [-0.1, -0.05) is 57.5 Å². The minimum absolute atomic E-state index is 0.0734. The van der Waals surface area contributed by atoms with Gasteiger partial charge in [-0.15, -0.1) is 11.3 Å². The van der Waals surface area contributed by atoms with Crippen molar-refractivity contribution in [1.82, 2.24) is 25.4 Å². The average molecular weight is 850 g/mol. The molecule has 0 aliphatic carbocycles. The average Bonchev–Trinajstić information content (AvgIpc) is 3.64. The smallest absolute Gasteiger partial charge is 0.403 e. The summed E-state index contributed by atoms with van der Waals surface area (Å²) < 4.78 is 95.6. The molecule has 0 saturated carbocycles. The first-order valence-electron chi connectivity index (χ1n) is 19.0. The summed E-state index contributed by atoms with van der Waals surface area (Å²) in [5.74, 6) is -10.1. The molecule has 0 spiro atoms. The van der Waals surface area contributed by atoms with Crippen LogP contribution in [-0.4, -0.2) is 109 Å². The largest absolute Gasteiger partial charge is 0.469 e. The summed E-state index contributed by atoms with van der Waals surface area (Å²) in [5, 5.41) is 6.18. The summed E-state index contributed by atoms with van der Waals surface area (Å²) >= 11 is 0.918. The van der Waals surface area contributed by atoms with E-state index in [2.05, 4.69) is 10.3 Å². The first-order chi connectivity index (χ1) is 27.0. The zero-order valence-corrected chi connectivity index (χ0v) is 34.4. The maximum atomic E-state index is 14.2. The third kappa shape index (κ3) is 13.7. The molecule has 1 fully saturated rings. The maximum absolute atomic E-state index is 14.2. The summed E-state index contributed by atoms with van der Waals surface area (Å²) in [4.78, 5) is 71.8. The molecule has 1 aliphatic rings. The summed E-state index contributed by atoms with van der Waals surface area (Å²) in [6.07, 6.45) is -10.9. The molecule has 2 aromatic rings. The molecule has 3 rings (SSSR count). The van der Waals surface area contributed by atoms with E-state index >= 15 is 0 Å². The van der Waals surface area contributed by atoms with Crippen molar-refractivity contribution < 1.29 is 59.8 Å². The number of nitrogens with zero attached hydrogens (tertiary/aromatic N) is 3. The van der Waals surface area contributed by atoms with Gasteiger partial charge in [-0.05, 0) is 57.2 Å². The van der Waals surface area contributed by atoms with Crippen molar-refractivity contribution in [2.45, 2.75) is 115 Å². The van der Waals surface area contributed by atoms with Gasteiger partial charge in [-0.25, -0.2) is 4.98 Å². The maximum Gasteiger partial charge on any atom is 0.403 e. The van der Waals surface area contributed by atoms with E-state index in [0.717, 1.165) is 30.9 Å². The number of esters is 2. The van der Waals surface area contributed by atoms with E-state index < -0.39 is 90.0 Å². The van der Waals surface area contributed by atoms with Crippen molar-refractivity contribution in [3.63, 3.8) is 0 Å². The van der Waals surface area contributed by atoms with E-state index in [-0.39, 0.29) is 30.0 Å². The molecule has 0 radical (unpaired) electrons. The number of likely N-dealkylation sites (N-methyl/N-ethyl adjacent to an activating group) is 2. The van der Waals surface area contributed by atoms with Crippen molar-refractivity contribution in [3.05, 3.63) is 52.0 Å². The molecule has 12 nitrogen and oxygen atoms in total. The third-order valence-electron chi connectivity index (χ3n) is 10.3. The van der Waals surface area contributed by atoms with Gasteiger partial charge in [-0.3, -0.25) is 28.9 Å². The number of aryl methyl sites for hydroxylation is 1. The fourth-order valence-corrected chi connectivity index (χ4v) is 7.98. The number of likely N-dealkylation sites (tertiary alicyclic amines) is 1. The highest BCUT2D eigenvalue weighted by Crippen LogP contribution is 2.42. The zero-order valence-electron chi connectivity index (χ0n) is 33.6. The number of hydrogen-bond acceptors (Lipinski definition) is 10. The highest BCUT2D eigenvalue weighted by Gasteiger charge is 2.63. The van der Waals surface area contributed by atoms with Crippen LogP contribution in [0.1, 0.15) is 93.4 Å². The van der Waals surface area contributed by atoms with Crippen molar-refractivity contribution in [2.24, 2.45) is 17.8 Å². The number of rotatable bonds is 18. The molecule has 19 heteroatoms. The minimum atomic E-state index is -5.96. The van der Waals surface area contributed by atoms with Gasteiger partial charge in [0.05, 0.1) is 19.1 Å². The number of amides is 3. The van der Waals surface area contributed by atoms with E-state index in [1.54, 1.807) is 20.8 Å². The predicted molar refractivity (Wildman–Crippen MR) is 202 cm³/mol. The zero-order chi connectivity index (χ0) is 43.5. The molecule has 1 aromatic carbocycles. The van der Waals surface area contributed by atoms with Crippen LogP contribution in [0.15, 0.2) is 35.7 Å². The van der Waals surface area contributed by atoms with E-state index in [0.29, 0.717) is 37.1 Å². The lowest BCUT2D eigenvalue weighted by Crippen LogP contribution is -2.63. The number of piperidine rings is 1. The number of alkyl halides is 6.